The first-order chi connectivity index (χ1) is 8.33. The SMILES string of the molecule is CCNc1cc(COC)nc(C2CCCO2)n1. The third-order valence-electron chi connectivity index (χ3n) is 2.66. The fourth-order valence-corrected chi connectivity index (χ4v) is 1.94. The zero-order chi connectivity index (χ0) is 12.1. The summed E-state index contributed by atoms with van der Waals surface area (Å²) in [5.74, 6) is 1.62. The van der Waals surface area contributed by atoms with Crippen molar-refractivity contribution >= 4 is 5.82 Å². The smallest absolute Gasteiger partial charge is 0.159 e. The van der Waals surface area contributed by atoms with Crippen molar-refractivity contribution in [3.05, 3.63) is 17.6 Å². The molecule has 1 aromatic heterocycles. The van der Waals surface area contributed by atoms with Gasteiger partial charge in [-0.25, -0.2) is 9.97 Å². The van der Waals surface area contributed by atoms with Gasteiger partial charge in [0.25, 0.3) is 0 Å². The number of ether oxygens (including phenoxy) is 2. The molecule has 5 heteroatoms. The van der Waals surface area contributed by atoms with Crippen molar-refractivity contribution in [2.45, 2.75) is 32.5 Å². The molecule has 1 fully saturated rings. The van der Waals surface area contributed by atoms with Gasteiger partial charge in [-0.3, -0.25) is 0 Å². The lowest BCUT2D eigenvalue weighted by Gasteiger charge is -2.12. The minimum Gasteiger partial charge on any atom is -0.378 e. The first-order valence-electron chi connectivity index (χ1n) is 6.05. The Labute approximate surface area is 102 Å². The van der Waals surface area contributed by atoms with Gasteiger partial charge in [0.2, 0.25) is 0 Å². The molecular weight excluding hydrogens is 218 g/mol. The van der Waals surface area contributed by atoms with E-state index in [-0.39, 0.29) is 6.10 Å². The van der Waals surface area contributed by atoms with E-state index < -0.39 is 0 Å². The zero-order valence-corrected chi connectivity index (χ0v) is 10.4. The van der Waals surface area contributed by atoms with E-state index in [1.54, 1.807) is 7.11 Å². The van der Waals surface area contributed by atoms with Crippen LogP contribution in [0.2, 0.25) is 0 Å². The van der Waals surface area contributed by atoms with Crippen LogP contribution in [0.3, 0.4) is 0 Å². The molecule has 0 spiro atoms. The Kier molecular flexibility index (Phi) is 4.28. The van der Waals surface area contributed by atoms with Crippen LogP contribution in [0, 0.1) is 0 Å². The maximum atomic E-state index is 5.61. The van der Waals surface area contributed by atoms with E-state index in [0.717, 1.165) is 43.3 Å². The summed E-state index contributed by atoms with van der Waals surface area (Å²) in [6.45, 7) is 4.19. The van der Waals surface area contributed by atoms with E-state index >= 15 is 0 Å². The molecule has 1 N–H and O–H groups in total. The highest BCUT2D eigenvalue weighted by Gasteiger charge is 2.21. The number of nitrogens with one attached hydrogen (secondary N) is 1. The second kappa shape index (κ2) is 5.93. The van der Waals surface area contributed by atoms with E-state index in [4.69, 9.17) is 9.47 Å². The van der Waals surface area contributed by atoms with Crippen molar-refractivity contribution in [3.8, 4) is 0 Å². The van der Waals surface area contributed by atoms with E-state index in [9.17, 15) is 0 Å². The van der Waals surface area contributed by atoms with Crippen LogP contribution in [0.4, 0.5) is 5.82 Å². The summed E-state index contributed by atoms with van der Waals surface area (Å²) >= 11 is 0. The normalized spacial score (nSPS) is 19.5. The monoisotopic (exact) mass is 237 g/mol. The number of anilines is 1. The third-order valence-corrected chi connectivity index (χ3v) is 2.66. The fraction of sp³-hybridized carbons (Fsp3) is 0.667. The number of aromatic nitrogens is 2. The Bertz CT molecular complexity index is 341. The molecular formula is C12H19N3O2. The van der Waals surface area contributed by atoms with Gasteiger partial charge in [0, 0.05) is 26.3 Å². The molecule has 1 aliphatic heterocycles. The van der Waals surface area contributed by atoms with Gasteiger partial charge in [-0.1, -0.05) is 0 Å². The lowest BCUT2D eigenvalue weighted by molar-refractivity contribution is 0.104. The summed E-state index contributed by atoms with van der Waals surface area (Å²) in [5, 5.41) is 3.21. The summed E-state index contributed by atoms with van der Waals surface area (Å²) in [6, 6.07) is 1.92. The fourth-order valence-electron chi connectivity index (χ4n) is 1.94. The van der Waals surface area contributed by atoms with E-state index in [2.05, 4.69) is 15.3 Å². The Morgan fingerprint density at radius 1 is 1.53 bits per heavy atom. The highest BCUT2D eigenvalue weighted by Crippen LogP contribution is 2.26. The zero-order valence-electron chi connectivity index (χ0n) is 10.4. The number of rotatable bonds is 5. The van der Waals surface area contributed by atoms with Gasteiger partial charge in [-0.2, -0.15) is 0 Å². The minimum absolute atomic E-state index is 0.0456. The van der Waals surface area contributed by atoms with Gasteiger partial charge in [0.1, 0.15) is 11.9 Å². The molecule has 1 unspecified atom stereocenters. The first-order valence-corrected chi connectivity index (χ1v) is 6.05. The van der Waals surface area contributed by atoms with Crippen LogP contribution >= 0.6 is 0 Å². The van der Waals surface area contributed by atoms with Crippen LogP contribution < -0.4 is 5.32 Å². The molecule has 5 nitrogen and oxygen atoms in total. The molecule has 0 bridgehead atoms. The number of hydrogen-bond acceptors (Lipinski definition) is 5. The average molecular weight is 237 g/mol. The maximum Gasteiger partial charge on any atom is 0.159 e. The van der Waals surface area contributed by atoms with Gasteiger partial charge >= 0.3 is 0 Å². The van der Waals surface area contributed by atoms with Crippen LogP contribution in [-0.4, -0.2) is 30.2 Å². The molecule has 0 aromatic carbocycles. The molecule has 0 radical (unpaired) electrons. The molecule has 1 atom stereocenters. The number of hydrogen-bond donors (Lipinski definition) is 1. The highest BCUT2D eigenvalue weighted by molar-refractivity contribution is 5.36. The molecule has 2 heterocycles. The highest BCUT2D eigenvalue weighted by atomic mass is 16.5. The Balaban J connectivity index is 2.22. The second-order valence-corrected chi connectivity index (χ2v) is 4.07. The molecule has 0 saturated carbocycles. The van der Waals surface area contributed by atoms with E-state index in [1.807, 2.05) is 13.0 Å². The van der Waals surface area contributed by atoms with Crippen LogP contribution in [0.5, 0.6) is 0 Å². The second-order valence-electron chi connectivity index (χ2n) is 4.07. The Hall–Kier alpha value is -1.20. The van der Waals surface area contributed by atoms with Crippen LogP contribution in [-0.2, 0) is 16.1 Å². The third kappa shape index (κ3) is 3.14. The van der Waals surface area contributed by atoms with Crippen molar-refractivity contribution in [2.24, 2.45) is 0 Å². The average Bonchev–Trinajstić information content (AvgIpc) is 2.83. The first kappa shape index (κ1) is 12.3. The van der Waals surface area contributed by atoms with Gasteiger partial charge in [0.15, 0.2) is 5.82 Å². The summed E-state index contributed by atoms with van der Waals surface area (Å²) in [6.07, 6.45) is 2.13. The topological polar surface area (TPSA) is 56.3 Å². The van der Waals surface area contributed by atoms with Crippen molar-refractivity contribution in [2.75, 3.05) is 25.6 Å². The molecule has 1 saturated heterocycles. The minimum atomic E-state index is 0.0456. The largest absolute Gasteiger partial charge is 0.378 e. The van der Waals surface area contributed by atoms with Gasteiger partial charge < -0.3 is 14.8 Å². The summed E-state index contributed by atoms with van der Waals surface area (Å²) in [5.41, 5.74) is 0.893. The molecule has 1 aliphatic rings. The van der Waals surface area contributed by atoms with E-state index in [1.165, 1.54) is 0 Å². The maximum absolute atomic E-state index is 5.61. The van der Waals surface area contributed by atoms with E-state index in [0.29, 0.717) is 6.61 Å². The molecule has 1 aromatic rings. The van der Waals surface area contributed by atoms with Crippen LogP contribution in [0.25, 0.3) is 0 Å². The molecule has 0 amide bonds. The standard InChI is InChI=1S/C12H19N3O2/c1-3-13-11-7-9(8-16-2)14-12(15-11)10-5-4-6-17-10/h7,10H,3-6,8H2,1-2H3,(H,13,14,15). The van der Waals surface area contributed by atoms with Gasteiger partial charge in [-0.05, 0) is 19.8 Å². The van der Waals surface area contributed by atoms with Crippen molar-refractivity contribution in [1.29, 1.82) is 0 Å². The summed E-state index contributed by atoms with van der Waals surface area (Å²) in [7, 11) is 1.67. The van der Waals surface area contributed by atoms with Crippen LogP contribution in [0.15, 0.2) is 6.07 Å². The predicted molar refractivity (Wildman–Crippen MR) is 64.8 cm³/mol. The lowest BCUT2D eigenvalue weighted by atomic mass is 10.2. The molecule has 94 valence electrons. The molecule has 2 rings (SSSR count). The predicted octanol–water partition coefficient (Wildman–Crippen LogP) is 1.91. The molecule has 17 heavy (non-hydrogen) atoms. The lowest BCUT2D eigenvalue weighted by Crippen LogP contribution is -2.10. The van der Waals surface area contributed by atoms with Crippen molar-refractivity contribution in [1.82, 2.24) is 9.97 Å². The number of nitrogens with zero attached hydrogens (tertiary/aromatic N) is 2. The van der Waals surface area contributed by atoms with Crippen molar-refractivity contribution in [3.63, 3.8) is 0 Å². The quantitative estimate of drug-likeness (QED) is 0.847. The van der Waals surface area contributed by atoms with Crippen LogP contribution in [0.1, 0.15) is 37.4 Å². The summed E-state index contributed by atoms with van der Waals surface area (Å²) < 4.78 is 10.7. The molecule has 0 aliphatic carbocycles. The van der Waals surface area contributed by atoms with Gasteiger partial charge in [-0.15, -0.1) is 0 Å². The Morgan fingerprint density at radius 3 is 3.06 bits per heavy atom. The van der Waals surface area contributed by atoms with Crippen molar-refractivity contribution < 1.29 is 9.47 Å². The summed E-state index contributed by atoms with van der Waals surface area (Å²) in [4.78, 5) is 8.97. The van der Waals surface area contributed by atoms with Gasteiger partial charge in [0.05, 0.1) is 12.3 Å². The Morgan fingerprint density at radius 2 is 2.41 bits per heavy atom. The number of methoxy groups -OCH3 is 1.